The van der Waals surface area contributed by atoms with E-state index < -0.39 is 5.60 Å². The summed E-state index contributed by atoms with van der Waals surface area (Å²) in [7, 11) is 2.19. The van der Waals surface area contributed by atoms with Gasteiger partial charge in [0.05, 0.1) is 5.60 Å². The minimum atomic E-state index is -0.391. The molecule has 3 rings (SSSR count). The first-order chi connectivity index (χ1) is 9.15. The van der Waals surface area contributed by atoms with E-state index in [-0.39, 0.29) is 0 Å². The lowest BCUT2D eigenvalue weighted by atomic mass is 10.00. The van der Waals surface area contributed by atoms with Crippen LogP contribution >= 0.6 is 0 Å². The summed E-state index contributed by atoms with van der Waals surface area (Å²) in [4.78, 5) is 4.91. The Morgan fingerprint density at radius 1 is 1.05 bits per heavy atom. The van der Waals surface area contributed by atoms with Crippen LogP contribution in [-0.4, -0.2) is 53.7 Å². The van der Waals surface area contributed by atoms with Gasteiger partial charge >= 0.3 is 0 Å². The van der Waals surface area contributed by atoms with Crippen LogP contribution in [-0.2, 0) is 13.0 Å². The van der Waals surface area contributed by atoms with Crippen molar-refractivity contribution >= 4 is 0 Å². The molecular formula is C16H24N2O. The fourth-order valence-corrected chi connectivity index (χ4v) is 2.81. The van der Waals surface area contributed by atoms with Crippen molar-refractivity contribution in [2.45, 2.75) is 31.4 Å². The van der Waals surface area contributed by atoms with Crippen molar-refractivity contribution in [3.63, 3.8) is 0 Å². The molecule has 0 atom stereocenters. The molecule has 1 N–H and O–H groups in total. The van der Waals surface area contributed by atoms with Gasteiger partial charge in [-0.1, -0.05) is 24.3 Å². The molecule has 3 heteroatoms. The normalized spacial score (nSPS) is 23.5. The van der Waals surface area contributed by atoms with Gasteiger partial charge in [0.25, 0.3) is 0 Å². The predicted molar refractivity (Wildman–Crippen MR) is 77.1 cm³/mol. The molecule has 19 heavy (non-hydrogen) atoms. The summed E-state index contributed by atoms with van der Waals surface area (Å²) in [6.07, 6.45) is 2.77. The lowest BCUT2D eigenvalue weighted by Crippen LogP contribution is -2.44. The van der Waals surface area contributed by atoms with Crippen LogP contribution in [0.4, 0.5) is 0 Å². The molecule has 0 aromatic heterocycles. The van der Waals surface area contributed by atoms with E-state index in [2.05, 4.69) is 41.1 Å². The van der Waals surface area contributed by atoms with Crippen molar-refractivity contribution in [1.82, 2.24) is 9.80 Å². The third-order valence-corrected chi connectivity index (χ3v) is 4.45. The Morgan fingerprint density at radius 2 is 1.68 bits per heavy atom. The molecule has 0 amide bonds. The predicted octanol–water partition coefficient (Wildman–Crippen LogP) is 1.50. The molecule has 1 saturated carbocycles. The Bertz CT molecular complexity index is 434. The summed E-state index contributed by atoms with van der Waals surface area (Å²) in [6, 6.07) is 8.61. The lowest BCUT2D eigenvalue weighted by molar-refractivity contribution is 0.143. The molecule has 1 aliphatic carbocycles. The molecule has 1 aliphatic heterocycles. The molecule has 2 aliphatic rings. The Hall–Kier alpha value is -0.900. The van der Waals surface area contributed by atoms with Crippen LogP contribution in [0, 0.1) is 0 Å². The third kappa shape index (κ3) is 3.35. The smallest absolute Gasteiger partial charge is 0.0690 e. The standard InChI is InChI=1S/C16H24N2O/c1-17-8-10-18(11-9-17)13-15-5-3-2-4-14(15)12-16(19)6-7-16/h2-5,19H,6-13H2,1H3. The molecule has 1 heterocycles. The summed E-state index contributed by atoms with van der Waals surface area (Å²) in [6.45, 7) is 5.64. The maximum absolute atomic E-state index is 10.1. The Morgan fingerprint density at radius 3 is 2.32 bits per heavy atom. The van der Waals surface area contributed by atoms with Gasteiger partial charge in [-0.2, -0.15) is 0 Å². The van der Waals surface area contributed by atoms with Crippen LogP contribution in [0.2, 0.25) is 0 Å². The van der Waals surface area contributed by atoms with E-state index in [9.17, 15) is 5.11 Å². The molecule has 1 aromatic carbocycles. The zero-order chi connectivity index (χ0) is 13.3. The number of aliphatic hydroxyl groups is 1. The number of rotatable bonds is 4. The topological polar surface area (TPSA) is 26.7 Å². The lowest BCUT2D eigenvalue weighted by Gasteiger charge is -2.32. The molecule has 0 radical (unpaired) electrons. The monoisotopic (exact) mass is 260 g/mol. The van der Waals surface area contributed by atoms with E-state index in [1.54, 1.807) is 0 Å². The molecule has 0 bridgehead atoms. The minimum absolute atomic E-state index is 0.391. The summed E-state index contributed by atoms with van der Waals surface area (Å²) < 4.78 is 0. The zero-order valence-electron chi connectivity index (χ0n) is 11.8. The van der Waals surface area contributed by atoms with Crippen LogP contribution in [0.3, 0.4) is 0 Å². The number of likely N-dealkylation sites (N-methyl/N-ethyl adjacent to an activating group) is 1. The largest absolute Gasteiger partial charge is 0.390 e. The fraction of sp³-hybridized carbons (Fsp3) is 0.625. The second kappa shape index (κ2) is 5.23. The van der Waals surface area contributed by atoms with E-state index in [0.717, 1.165) is 52.0 Å². The SMILES string of the molecule is CN1CCN(Cc2ccccc2CC2(O)CC2)CC1. The van der Waals surface area contributed by atoms with Crippen molar-refractivity contribution in [3.8, 4) is 0 Å². The van der Waals surface area contributed by atoms with Gasteiger partial charge in [0.15, 0.2) is 0 Å². The van der Waals surface area contributed by atoms with Crippen molar-refractivity contribution < 1.29 is 5.11 Å². The highest BCUT2D eigenvalue weighted by molar-refractivity contribution is 5.29. The number of benzene rings is 1. The molecule has 1 aromatic rings. The van der Waals surface area contributed by atoms with E-state index in [0.29, 0.717) is 0 Å². The molecule has 104 valence electrons. The molecule has 2 fully saturated rings. The maximum atomic E-state index is 10.1. The van der Waals surface area contributed by atoms with Crippen molar-refractivity contribution in [1.29, 1.82) is 0 Å². The van der Waals surface area contributed by atoms with Gasteiger partial charge in [-0.25, -0.2) is 0 Å². The van der Waals surface area contributed by atoms with Crippen LogP contribution in [0.25, 0.3) is 0 Å². The Balaban J connectivity index is 1.66. The van der Waals surface area contributed by atoms with Gasteiger partial charge in [0, 0.05) is 39.1 Å². The second-order valence-corrected chi connectivity index (χ2v) is 6.25. The van der Waals surface area contributed by atoms with Gasteiger partial charge < -0.3 is 10.0 Å². The summed E-state index contributed by atoms with van der Waals surface area (Å²) in [5.41, 5.74) is 2.34. The second-order valence-electron chi connectivity index (χ2n) is 6.25. The Labute approximate surface area is 115 Å². The highest BCUT2D eigenvalue weighted by atomic mass is 16.3. The van der Waals surface area contributed by atoms with Gasteiger partial charge in [-0.3, -0.25) is 4.90 Å². The molecular weight excluding hydrogens is 236 g/mol. The molecule has 3 nitrogen and oxygen atoms in total. The van der Waals surface area contributed by atoms with Crippen LogP contribution in [0.15, 0.2) is 24.3 Å². The number of hydrogen-bond donors (Lipinski definition) is 1. The van der Waals surface area contributed by atoms with E-state index in [1.165, 1.54) is 11.1 Å². The number of piperazine rings is 1. The zero-order valence-corrected chi connectivity index (χ0v) is 11.8. The fourth-order valence-electron chi connectivity index (χ4n) is 2.81. The summed E-state index contributed by atoms with van der Waals surface area (Å²) >= 11 is 0. The van der Waals surface area contributed by atoms with Crippen molar-refractivity contribution in [2.75, 3.05) is 33.2 Å². The first-order valence-electron chi connectivity index (χ1n) is 7.35. The quantitative estimate of drug-likeness (QED) is 0.889. The highest BCUT2D eigenvalue weighted by Gasteiger charge is 2.40. The van der Waals surface area contributed by atoms with E-state index in [4.69, 9.17) is 0 Å². The van der Waals surface area contributed by atoms with Gasteiger partial charge in [-0.15, -0.1) is 0 Å². The highest BCUT2D eigenvalue weighted by Crippen LogP contribution is 2.38. The van der Waals surface area contributed by atoms with Gasteiger partial charge in [0.2, 0.25) is 0 Å². The first-order valence-corrected chi connectivity index (χ1v) is 7.35. The average Bonchev–Trinajstić information content (AvgIpc) is 3.12. The van der Waals surface area contributed by atoms with Crippen molar-refractivity contribution in [2.24, 2.45) is 0 Å². The van der Waals surface area contributed by atoms with Gasteiger partial charge in [0.1, 0.15) is 0 Å². The third-order valence-electron chi connectivity index (χ3n) is 4.45. The van der Waals surface area contributed by atoms with Gasteiger partial charge in [-0.05, 0) is 31.0 Å². The minimum Gasteiger partial charge on any atom is -0.390 e. The van der Waals surface area contributed by atoms with Crippen LogP contribution in [0.1, 0.15) is 24.0 Å². The number of nitrogens with zero attached hydrogens (tertiary/aromatic N) is 2. The molecule has 1 saturated heterocycles. The van der Waals surface area contributed by atoms with Crippen molar-refractivity contribution in [3.05, 3.63) is 35.4 Å². The average molecular weight is 260 g/mol. The first kappa shape index (κ1) is 13.1. The Kier molecular flexibility index (Phi) is 3.61. The van der Waals surface area contributed by atoms with E-state index in [1.807, 2.05) is 0 Å². The van der Waals surface area contributed by atoms with Crippen LogP contribution in [0.5, 0.6) is 0 Å². The maximum Gasteiger partial charge on any atom is 0.0690 e. The van der Waals surface area contributed by atoms with Crippen LogP contribution < -0.4 is 0 Å². The van der Waals surface area contributed by atoms with E-state index >= 15 is 0 Å². The molecule has 0 unspecified atom stereocenters. The molecule has 0 spiro atoms. The number of hydrogen-bond acceptors (Lipinski definition) is 3. The summed E-state index contributed by atoms with van der Waals surface area (Å²) in [5.74, 6) is 0. The summed E-state index contributed by atoms with van der Waals surface area (Å²) in [5, 5.41) is 10.1.